The summed E-state index contributed by atoms with van der Waals surface area (Å²) in [6.07, 6.45) is -2.69. The fourth-order valence-corrected chi connectivity index (χ4v) is 2.35. The van der Waals surface area contributed by atoms with Crippen LogP contribution in [0.1, 0.15) is 11.1 Å². The Morgan fingerprint density at radius 3 is 2.18 bits per heavy atom. The molecule has 0 saturated carbocycles. The lowest BCUT2D eigenvalue weighted by molar-refractivity contribution is 0.153. The number of sulfonamides is 1. The fraction of sp³-hybridized carbons (Fsp3) is 0.400. The van der Waals surface area contributed by atoms with E-state index in [-0.39, 0.29) is 5.75 Å². The van der Waals surface area contributed by atoms with Crippen molar-refractivity contribution in [3.63, 3.8) is 0 Å². The summed E-state index contributed by atoms with van der Waals surface area (Å²) in [5, 5.41) is 0. The van der Waals surface area contributed by atoms with Crippen LogP contribution in [0.25, 0.3) is 0 Å². The van der Waals surface area contributed by atoms with E-state index in [0.29, 0.717) is 12.1 Å². The summed E-state index contributed by atoms with van der Waals surface area (Å²) in [7, 11) is -3.71. The van der Waals surface area contributed by atoms with Crippen LogP contribution >= 0.6 is 0 Å². The van der Waals surface area contributed by atoms with Crippen LogP contribution in [0.15, 0.2) is 24.3 Å². The minimum Gasteiger partial charge on any atom is -0.326 e. The van der Waals surface area contributed by atoms with Crippen molar-refractivity contribution in [1.82, 2.24) is 4.72 Å². The van der Waals surface area contributed by atoms with Gasteiger partial charge in [0.15, 0.2) is 0 Å². The molecule has 1 aromatic rings. The van der Waals surface area contributed by atoms with E-state index in [2.05, 4.69) is 0 Å². The van der Waals surface area contributed by atoms with Crippen LogP contribution in [0.2, 0.25) is 0 Å². The average molecular weight is 264 g/mol. The van der Waals surface area contributed by atoms with Crippen molar-refractivity contribution in [2.45, 2.75) is 18.7 Å². The van der Waals surface area contributed by atoms with Crippen molar-refractivity contribution in [3.05, 3.63) is 35.4 Å². The number of benzene rings is 1. The third kappa shape index (κ3) is 5.20. The molecule has 0 radical (unpaired) electrons. The normalized spacial score (nSPS) is 12.0. The Kier molecular flexibility index (Phi) is 4.98. The van der Waals surface area contributed by atoms with E-state index in [1.165, 1.54) is 0 Å². The van der Waals surface area contributed by atoms with Gasteiger partial charge in [-0.25, -0.2) is 21.9 Å². The molecule has 17 heavy (non-hydrogen) atoms. The summed E-state index contributed by atoms with van der Waals surface area (Å²) in [6, 6.07) is 6.64. The van der Waals surface area contributed by atoms with Gasteiger partial charge in [-0.3, -0.25) is 0 Å². The maximum atomic E-state index is 11.9. The highest BCUT2D eigenvalue weighted by Gasteiger charge is 2.13. The van der Waals surface area contributed by atoms with Crippen molar-refractivity contribution >= 4 is 10.0 Å². The van der Waals surface area contributed by atoms with Gasteiger partial charge in [0.2, 0.25) is 10.0 Å². The summed E-state index contributed by atoms with van der Waals surface area (Å²) >= 11 is 0. The second-order valence-electron chi connectivity index (χ2n) is 3.52. The van der Waals surface area contributed by atoms with Gasteiger partial charge in [-0.15, -0.1) is 0 Å². The molecule has 0 unspecified atom stereocenters. The summed E-state index contributed by atoms with van der Waals surface area (Å²) in [4.78, 5) is 0. The van der Waals surface area contributed by atoms with Crippen LogP contribution in [-0.2, 0) is 22.3 Å². The van der Waals surface area contributed by atoms with Crippen LogP contribution in [0, 0.1) is 0 Å². The van der Waals surface area contributed by atoms with Crippen molar-refractivity contribution < 1.29 is 17.2 Å². The number of halogens is 2. The number of hydrogen-bond donors (Lipinski definition) is 2. The highest BCUT2D eigenvalue weighted by Crippen LogP contribution is 2.07. The van der Waals surface area contributed by atoms with E-state index >= 15 is 0 Å². The van der Waals surface area contributed by atoms with Gasteiger partial charge in [-0.1, -0.05) is 24.3 Å². The lowest BCUT2D eigenvalue weighted by Gasteiger charge is -2.06. The zero-order valence-electron chi connectivity index (χ0n) is 9.07. The molecule has 0 atom stereocenters. The summed E-state index contributed by atoms with van der Waals surface area (Å²) in [6.45, 7) is -0.486. The second kappa shape index (κ2) is 6.04. The number of nitrogens with two attached hydrogens (primary N) is 1. The number of rotatable bonds is 6. The molecule has 3 N–H and O–H groups in total. The highest BCUT2D eigenvalue weighted by atomic mass is 32.2. The Hall–Kier alpha value is -1.05. The Labute approximate surface area is 98.9 Å². The van der Waals surface area contributed by atoms with Gasteiger partial charge in [-0.2, -0.15) is 0 Å². The van der Waals surface area contributed by atoms with Crippen LogP contribution in [0.5, 0.6) is 0 Å². The monoisotopic (exact) mass is 264 g/mol. The third-order valence-corrected chi connectivity index (χ3v) is 3.39. The third-order valence-electron chi connectivity index (χ3n) is 2.07. The minimum atomic E-state index is -3.71. The van der Waals surface area contributed by atoms with Crippen LogP contribution in [0.3, 0.4) is 0 Å². The predicted molar refractivity (Wildman–Crippen MR) is 61.0 cm³/mol. The average Bonchev–Trinajstić information content (AvgIpc) is 2.27. The molecule has 0 amide bonds. The Morgan fingerprint density at radius 1 is 1.18 bits per heavy atom. The maximum Gasteiger partial charge on any atom is 0.251 e. The van der Waals surface area contributed by atoms with Crippen molar-refractivity contribution in [2.24, 2.45) is 5.73 Å². The maximum absolute atomic E-state index is 11.9. The van der Waals surface area contributed by atoms with Crippen LogP contribution in [0.4, 0.5) is 8.78 Å². The fourth-order valence-electron chi connectivity index (χ4n) is 1.23. The molecule has 0 aliphatic heterocycles. The first-order valence-electron chi connectivity index (χ1n) is 4.96. The molecule has 0 heterocycles. The van der Waals surface area contributed by atoms with Crippen molar-refractivity contribution in [1.29, 1.82) is 0 Å². The molecule has 0 aliphatic rings. The number of alkyl halides is 2. The first-order valence-corrected chi connectivity index (χ1v) is 6.61. The first kappa shape index (κ1) is 14.0. The van der Waals surface area contributed by atoms with E-state index in [9.17, 15) is 17.2 Å². The first-order chi connectivity index (χ1) is 7.93. The van der Waals surface area contributed by atoms with Gasteiger partial charge in [0, 0.05) is 6.54 Å². The number of hydrogen-bond acceptors (Lipinski definition) is 3. The van der Waals surface area contributed by atoms with E-state index in [1.54, 1.807) is 24.3 Å². The van der Waals surface area contributed by atoms with Gasteiger partial charge in [0.1, 0.15) is 0 Å². The number of nitrogens with one attached hydrogen (secondary N) is 1. The predicted octanol–water partition coefficient (Wildman–Crippen LogP) is 0.830. The lowest BCUT2D eigenvalue weighted by atomic mass is 10.1. The standard InChI is InChI=1S/C10H14F2N2O2S/c11-10(12)6-14-17(15,16)7-9-3-1-8(5-13)2-4-9/h1-4,10,14H,5-7,13H2. The minimum absolute atomic E-state index is 0.315. The molecule has 4 nitrogen and oxygen atoms in total. The zero-order valence-corrected chi connectivity index (χ0v) is 9.88. The van der Waals surface area contributed by atoms with Crippen molar-refractivity contribution in [3.8, 4) is 0 Å². The van der Waals surface area contributed by atoms with Crippen molar-refractivity contribution in [2.75, 3.05) is 6.54 Å². The Balaban J connectivity index is 2.63. The molecule has 1 aromatic carbocycles. The lowest BCUT2D eigenvalue weighted by Crippen LogP contribution is -2.29. The molecule has 0 aromatic heterocycles. The molecule has 0 bridgehead atoms. The van der Waals surface area contributed by atoms with Gasteiger partial charge in [-0.05, 0) is 11.1 Å². The largest absolute Gasteiger partial charge is 0.326 e. The SMILES string of the molecule is NCc1ccc(CS(=O)(=O)NCC(F)F)cc1. The molecule has 1 rings (SSSR count). The highest BCUT2D eigenvalue weighted by molar-refractivity contribution is 7.88. The van der Waals surface area contributed by atoms with E-state index in [0.717, 1.165) is 5.56 Å². The van der Waals surface area contributed by atoms with E-state index in [4.69, 9.17) is 5.73 Å². The smallest absolute Gasteiger partial charge is 0.251 e. The summed E-state index contributed by atoms with van der Waals surface area (Å²) in [5.74, 6) is -0.315. The molecule has 0 spiro atoms. The molecule has 0 saturated heterocycles. The van der Waals surface area contributed by atoms with Gasteiger partial charge in [0.25, 0.3) is 6.43 Å². The molecule has 0 aliphatic carbocycles. The van der Waals surface area contributed by atoms with E-state index in [1.807, 2.05) is 4.72 Å². The molecular formula is C10H14F2N2O2S. The Bertz CT molecular complexity index is 446. The second-order valence-corrected chi connectivity index (χ2v) is 5.33. The molecule has 0 fully saturated rings. The summed E-state index contributed by atoms with van der Waals surface area (Å²) in [5.41, 5.74) is 6.81. The van der Waals surface area contributed by atoms with Crippen LogP contribution < -0.4 is 10.5 Å². The topological polar surface area (TPSA) is 72.2 Å². The summed E-state index contributed by atoms with van der Waals surface area (Å²) < 4.78 is 48.3. The quantitative estimate of drug-likeness (QED) is 0.799. The Morgan fingerprint density at radius 2 is 1.71 bits per heavy atom. The zero-order chi connectivity index (χ0) is 12.9. The molecule has 96 valence electrons. The van der Waals surface area contributed by atoms with Gasteiger partial charge < -0.3 is 5.73 Å². The molecular weight excluding hydrogens is 250 g/mol. The molecule has 7 heteroatoms. The van der Waals surface area contributed by atoms with Gasteiger partial charge in [0.05, 0.1) is 12.3 Å². The van der Waals surface area contributed by atoms with Gasteiger partial charge >= 0.3 is 0 Å². The van der Waals surface area contributed by atoms with Crippen LogP contribution in [-0.4, -0.2) is 21.4 Å². The van der Waals surface area contributed by atoms with E-state index < -0.39 is 23.0 Å².